The van der Waals surface area contributed by atoms with Gasteiger partial charge >= 0.3 is 11.9 Å². The number of rotatable bonds is 44. The summed E-state index contributed by atoms with van der Waals surface area (Å²) in [6.45, 7) is 7.42. The SMILES string of the molecule is CC/C=C\C/C=C\C/C=C\C/C=C\C/C=C\CCCCOCC(COC(=O)CCC/C=C\C/C=C\C/C=C\C/C=C\C/C=C\CC)OC(=O)CCCCCCCCCCCCC. The third kappa shape index (κ3) is 49.0. The van der Waals surface area contributed by atoms with Crippen LogP contribution in [0.15, 0.2) is 122 Å². The van der Waals surface area contributed by atoms with E-state index >= 15 is 0 Å². The van der Waals surface area contributed by atoms with E-state index in [2.05, 4.69) is 142 Å². The van der Waals surface area contributed by atoms with Gasteiger partial charge in [0, 0.05) is 19.4 Å². The number of carbonyl (C=O) groups excluding carboxylic acids is 2. The van der Waals surface area contributed by atoms with Gasteiger partial charge in [0.2, 0.25) is 0 Å². The number of hydrogen-bond acceptors (Lipinski definition) is 5. The van der Waals surface area contributed by atoms with Crippen LogP contribution < -0.4 is 0 Å². The van der Waals surface area contributed by atoms with Crippen molar-refractivity contribution < 1.29 is 23.8 Å². The molecule has 0 amide bonds. The molecule has 0 saturated heterocycles. The number of allylic oxidation sites excluding steroid dienone is 20. The number of esters is 2. The van der Waals surface area contributed by atoms with Crippen molar-refractivity contribution in [1.82, 2.24) is 0 Å². The largest absolute Gasteiger partial charge is 0.462 e. The van der Waals surface area contributed by atoms with Crippen LogP contribution in [0.1, 0.15) is 201 Å². The van der Waals surface area contributed by atoms with Crippen LogP contribution in [-0.2, 0) is 23.8 Å². The third-order valence-electron chi connectivity index (χ3n) is 9.99. The van der Waals surface area contributed by atoms with Crippen molar-refractivity contribution in [2.45, 2.75) is 207 Å². The molecule has 1 unspecified atom stereocenters. The number of ether oxygens (including phenoxy) is 3. The van der Waals surface area contributed by atoms with E-state index in [1.165, 1.54) is 51.4 Å². The first-order chi connectivity index (χ1) is 30.6. The molecule has 0 bridgehead atoms. The fraction of sp³-hybridized carbons (Fsp3) is 0.614. The Kier molecular flexibility index (Phi) is 48.6. The molecule has 0 radical (unpaired) electrons. The minimum atomic E-state index is -0.587. The van der Waals surface area contributed by atoms with Crippen molar-refractivity contribution in [2.75, 3.05) is 19.8 Å². The first kappa shape index (κ1) is 58.3. The van der Waals surface area contributed by atoms with E-state index in [4.69, 9.17) is 14.2 Å². The van der Waals surface area contributed by atoms with Crippen LogP contribution in [0.5, 0.6) is 0 Å². The Morgan fingerprint density at radius 1 is 0.371 bits per heavy atom. The fourth-order valence-corrected chi connectivity index (χ4v) is 6.34. The average Bonchev–Trinajstić information content (AvgIpc) is 3.27. The first-order valence-corrected chi connectivity index (χ1v) is 25.1. The summed E-state index contributed by atoms with van der Waals surface area (Å²) in [5.74, 6) is -0.497. The average molecular weight is 857 g/mol. The van der Waals surface area contributed by atoms with Crippen LogP contribution >= 0.6 is 0 Å². The summed E-state index contributed by atoms with van der Waals surface area (Å²) >= 11 is 0. The smallest absolute Gasteiger partial charge is 0.306 e. The normalized spacial score (nSPS) is 13.3. The van der Waals surface area contributed by atoms with Gasteiger partial charge in [0.05, 0.1) is 6.61 Å². The molecule has 5 nitrogen and oxygen atoms in total. The van der Waals surface area contributed by atoms with E-state index in [1.807, 2.05) is 0 Å². The van der Waals surface area contributed by atoms with Crippen LogP contribution in [0.3, 0.4) is 0 Å². The number of carbonyl (C=O) groups is 2. The van der Waals surface area contributed by atoms with Crippen molar-refractivity contribution in [2.24, 2.45) is 0 Å². The maximum atomic E-state index is 12.8. The quantitative estimate of drug-likeness (QED) is 0.0347. The molecule has 0 aliphatic heterocycles. The Balaban J connectivity index is 4.44. The Labute approximate surface area is 382 Å². The molecule has 0 aromatic carbocycles. The van der Waals surface area contributed by atoms with Gasteiger partial charge in [-0.15, -0.1) is 0 Å². The maximum absolute atomic E-state index is 12.8. The second kappa shape index (κ2) is 51.6. The molecule has 0 spiro atoms. The monoisotopic (exact) mass is 857 g/mol. The summed E-state index contributed by atoms with van der Waals surface area (Å²) in [7, 11) is 0. The summed E-state index contributed by atoms with van der Waals surface area (Å²) in [6.07, 6.45) is 72.2. The van der Waals surface area contributed by atoms with Gasteiger partial charge in [-0.3, -0.25) is 9.59 Å². The molecule has 0 fully saturated rings. The molecule has 350 valence electrons. The van der Waals surface area contributed by atoms with Crippen molar-refractivity contribution in [3.63, 3.8) is 0 Å². The molecule has 0 rings (SSSR count). The molecule has 62 heavy (non-hydrogen) atoms. The number of unbranched alkanes of at least 4 members (excludes halogenated alkanes) is 13. The second-order valence-electron chi connectivity index (χ2n) is 16.0. The van der Waals surface area contributed by atoms with Crippen molar-refractivity contribution in [3.05, 3.63) is 122 Å². The zero-order valence-electron chi connectivity index (χ0n) is 40.1. The summed E-state index contributed by atoms with van der Waals surface area (Å²) in [5, 5.41) is 0. The minimum absolute atomic E-state index is 0.0323. The standard InChI is InChI=1S/C57H92O5/c1-4-7-10-13-16-19-22-24-26-28-30-32-34-37-40-43-46-49-52-60-53-55(62-57(59)51-48-45-42-39-35-21-18-15-12-9-6-3)54-61-56(58)50-47-44-41-38-36-33-31-29-27-25-23-20-17-14-11-8-5-2/h7-8,10-11,16-17,19-20,24-27,30-33,37-38,40-41,55H,4-6,9,12-15,18,21-23,28-29,34-36,39,42-54H2,1-3H3/b10-7-,11-8-,19-16-,20-17-,26-24-,27-25-,32-30-,33-31-,40-37-,41-38-. The van der Waals surface area contributed by atoms with Gasteiger partial charge in [-0.25, -0.2) is 0 Å². The van der Waals surface area contributed by atoms with Gasteiger partial charge < -0.3 is 14.2 Å². The molecule has 0 aliphatic rings. The zero-order chi connectivity index (χ0) is 44.9. The van der Waals surface area contributed by atoms with Gasteiger partial charge in [-0.05, 0) is 103 Å². The van der Waals surface area contributed by atoms with E-state index in [-0.39, 0.29) is 25.2 Å². The van der Waals surface area contributed by atoms with Crippen LogP contribution in [0, 0.1) is 0 Å². The molecule has 0 aromatic heterocycles. The van der Waals surface area contributed by atoms with Gasteiger partial charge in [-0.1, -0.05) is 206 Å². The lowest BCUT2D eigenvalue weighted by atomic mass is 10.1. The van der Waals surface area contributed by atoms with E-state index < -0.39 is 6.10 Å². The summed E-state index contributed by atoms with van der Waals surface area (Å²) in [5.41, 5.74) is 0. The lowest BCUT2D eigenvalue weighted by Crippen LogP contribution is -2.30. The van der Waals surface area contributed by atoms with Crippen LogP contribution in [-0.4, -0.2) is 37.9 Å². The highest BCUT2D eigenvalue weighted by molar-refractivity contribution is 5.70. The van der Waals surface area contributed by atoms with E-state index in [9.17, 15) is 9.59 Å². The first-order valence-electron chi connectivity index (χ1n) is 25.1. The van der Waals surface area contributed by atoms with Gasteiger partial charge in [-0.2, -0.15) is 0 Å². The minimum Gasteiger partial charge on any atom is -0.462 e. The summed E-state index contributed by atoms with van der Waals surface area (Å²) < 4.78 is 17.3. The molecule has 0 aromatic rings. The molecule has 0 aliphatic carbocycles. The van der Waals surface area contributed by atoms with E-state index in [0.717, 1.165) is 116 Å². The third-order valence-corrected chi connectivity index (χ3v) is 9.99. The highest BCUT2D eigenvalue weighted by Gasteiger charge is 2.17. The van der Waals surface area contributed by atoms with Gasteiger partial charge in [0.25, 0.3) is 0 Å². The maximum Gasteiger partial charge on any atom is 0.306 e. The van der Waals surface area contributed by atoms with Gasteiger partial charge in [0.1, 0.15) is 6.61 Å². The molecular formula is C57H92O5. The predicted molar refractivity (Wildman–Crippen MR) is 269 cm³/mol. The molecule has 1 atom stereocenters. The molecule has 0 saturated carbocycles. The molecule has 0 N–H and O–H groups in total. The summed E-state index contributed by atoms with van der Waals surface area (Å²) in [4.78, 5) is 25.3. The van der Waals surface area contributed by atoms with Crippen LogP contribution in [0.25, 0.3) is 0 Å². The van der Waals surface area contributed by atoms with Crippen molar-refractivity contribution in [1.29, 1.82) is 0 Å². The van der Waals surface area contributed by atoms with E-state index in [0.29, 0.717) is 19.4 Å². The van der Waals surface area contributed by atoms with Gasteiger partial charge in [0.15, 0.2) is 6.10 Å². The second-order valence-corrected chi connectivity index (χ2v) is 16.0. The predicted octanol–water partition coefficient (Wildman–Crippen LogP) is 17.0. The Hall–Kier alpha value is -3.70. The zero-order valence-corrected chi connectivity index (χ0v) is 40.1. The Morgan fingerprint density at radius 3 is 1.18 bits per heavy atom. The topological polar surface area (TPSA) is 61.8 Å². The molecular weight excluding hydrogens is 765 g/mol. The van der Waals surface area contributed by atoms with Crippen molar-refractivity contribution in [3.8, 4) is 0 Å². The Morgan fingerprint density at radius 2 is 0.742 bits per heavy atom. The van der Waals surface area contributed by atoms with Crippen molar-refractivity contribution >= 4 is 11.9 Å². The fourth-order valence-electron chi connectivity index (χ4n) is 6.34. The number of hydrogen-bond donors (Lipinski definition) is 0. The molecule has 5 heteroatoms. The summed E-state index contributed by atoms with van der Waals surface area (Å²) in [6, 6.07) is 0. The Bertz CT molecular complexity index is 1290. The van der Waals surface area contributed by atoms with Crippen LogP contribution in [0.2, 0.25) is 0 Å². The highest BCUT2D eigenvalue weighted by Crippen LogP contribution is 2.13. The van der Waals surface area contributed by atoms with E-state index in [1.54, 1.807) is 0 Å². The molecule has 0 heterocycles. The lowest BCUT2D eigenvalue weighted by Gasteiger charge is -2.18. The highest BCUT2D eigenvalue weighted by atomic mass is 16.6. The van der Waals surface area contributed by atoms with Crippen LogP contribution in [0.4, 0.5) is 0 Å². The lowest BCUT2D eigenvalue weighted by molar-refractivity contribution is -0.163.